The standard InChI is InChI=1S/C7H8ClNO/c1-10-5-6-2-7(8)4-9-3-6/h2-4H,5H2,1H3. The maximum Gasteiger partial charge on any atom is 0.0728 e. The smallest absolute Gasteiger partial charge is 0.0728 e. The zero-order valence-electron chi connectivity index (χ0n) is 5.67. The number of hydrogen-bond donors (Lipinski definition) is 0. The minimum absolute atomic E-state index is 0.563. The normalized spacial score (nSPS) is 9.80. The van der Waals surface area contributed by atoms with Crippen LogP contribution in [-0.2, 0) is 11.3 Å². The second kappa shape index (κ2) is 3.54. The molecule has 0 aliphatic heterocycles. The van der Waals surface area contributed by atoms with Gasteiger partial charge in [-0.2, -0.15) is 0 Å². The van der Waals surface area contributed by atoms with Gasteiger partial charge in [0.25, 0.3) is 0 Å². The average Bonchev–Trinajstić information content (AvgIpc) is 1.88. The van der Waals surface area contributed by atoms with Gasteiger partial charge in [0, 0.05) is 19.5 Å². The highest BCUT2D eigenvalue weighted by Crippen LogP contribution is 2.08. The number of pyridine rings is 1. The molecule has 0 unspecified atom stereocenters. The maximum absolute atomic E-state index is 5.66. The van der Waals surface area contributed by atoms with Crippen molar-refractivity contribution in [3.05, 3.63) is 29.0 Å². The zero-order chi connectivity index (χ0) is 7.40. The summed E-state index contributed by atoms with van der Waals surface area (Å²) >= 11 is 5.66. The Bertz CT molecular complexity index is 215. The van der Waals surface area contributed by atoms with Crippen molar-refractivity contribution in [2.75, 3.05) is 7.11 Å². The molecule has 0 atom stereocenters. The van der Waals surface area contributed by atoms with Crippen molar-refractivity contribution >= 4 is 11.6 Å². The third kappa shape index (κ3) is 1.97. The van der Waals surface area contributed by atoms with E-state index in [-0.39, 0.29) is 0 Å². The lowest BCUT2D eigenvalue weighted by molar-refractivity contribution is 0.184. The largest absolute Gasteiger partial charge is 0.380 e. The molecule has 0 bridgehead atoms. The third-order valence-corrected chi connectivity index (χ3v) is 1.28. The lowest BCUT2D eigenvalue weighted by Crippen LogP contribution is -1.87. The molecule has 2 nitrogen and oxygen atoms in total. The summed E-state index contributed by atoms with van der Waals surface area (Å²) in [5.41, 5.74) is 0.995. The van der Waals surface area contributed by atoms with Gasteiger partial charge < -0.3 is 4.74 Å². The number of rotatable bonds is 2. The van der Waals surface area contributed by atoms with Crippen LogP contribution in [0, 0.1) is 0 Å². The summed E-state index contributed by atoms with van der Waals surface area (Å²) in [5.74, 6) is 0. The van der Waals surface area contributed by atoms with E-state index >= 15 is 0 Å². The second-order valence-electron chi connectivity index (χ2n) is 1.94. The highest BCUT2D eigenvalue weighted by atomic mass is 35.5. The van der Waals surface area contributed by atoms with Crippen molar-refractivity contribution in [3.8, 4) is 0 Å². The van der Waals surface area contributed by atoms with Crippen molar-refractivity contribution in [1.29, 1.82) is 0 Å². The predicted molar refractivity (Wildman–Crippen MR) is 40.0 cm³/mol. The van der Waals surface area contributed by atoms with Gasteiger partial charge in [0.05, 0.1) is 11.6 Å². The Balaban J connectivity index is 2.75. The van der Waals surface area contributed by atoms with Gasteiger partial charge in [0.2, 0.25) is 0 Å². The number of methoxy groups -OCH3 is 1. The van der Waals surface area contributed by atoms with E-state index in [9.17, 15) is 0 Å². The van der Waals surface area contributed by atoms with E-state index in [0.29, 0.717) is 11.6 Å². The highest BCUT2D eigenvalue weighted by molar-refractivity contribution is 6.30. The Morgan fingerprint density at radius 2 is 2.40 bits per heavy atom. The molecule has 0 aliphatic carbocycles. The van der Waals surface area contributed by atoms with Crippen LogP contribution in [0.5, 0.6) is 0 Å². The Morgan fingerprint density at radius 1 is 1.60 bits per heavy atom. The maximum atomic E-state index is 5.66. The second-order valence-corrected chi connectivity index (χ2v) is 2.38. The number of ether oxygens (including phenoxy) is 1. The first-order valence-electron chi connectivity index (χ1n) is 2.91. The van der Waals surface area contributed by atoms with Gasteiger partial charge in [-0.05, 0) is 11.6 Å². The van der Waals surface area contributed by atoms with Crippen molar-refractivity contribution in [3.63, 3.8) is 0 Å². The first-order chi connectivity index (χ1) is 4.83. The van der Waals surface area contributed by atoms with E-state index in [2.05, 4.69) is 4.98 Å². The van der Waals surface area contributed by atoms with E-state index in [0.717, 1.165) is 5.56 Å². The van der Waals surface area contributed by atoms with Crippen LogP contribution in [-0.4, -0.2) is 12.1 Å². The summed E-state index contributed by atoms with van der Waals surface area (Å²) in [7, 11) is 1.64. The van der Waals surface area contributed by atoms with Crippen LogP contribution >= 0.6 is 11.6 Å². The molecule has 0 aliphatic rings. The molecule has 3 heteroatoms. The van der Waals surface area contributed by atoms with Crippen molar-refractivity contribution in [1.82, 2.24) is 4.98 Å². The Kier molecular flexibility index (Phi) is 2.66. The molecule has 10 heavy (non-hydrogen) atoms. The van der Waals surface area contributed by atoms with Crippen molar-refractivity contribution in [2.24, 2.45) is 0 Å². The van der Waals surface area contributed by atoms with Gasteiger partial charge in [-0.15, -0.1) is 0 Å². The van der Waals surface area contributed by atoms with E-state index in [1.54, 1.807) is 19.5 Å². The fourth-order valence-corrected chi connectivity index (χ4v) is 0.898. The molecule has 0 radical (unpaired) electrons. The molecule has 0 aromatic carbocycles. The lowest BCUT2D eigenvalue weighted by atomic mass is 10.3. The van der Waals surface area contributed by atoms with Crippen molar-refractivity contribution < 1.29 is 4.74 Å². The number of nitrogens with zero attached hydrogens (tertiary/aromatic N) is 1. The van der Waals surface area contributed by atoms with Crippen LogP contribution in [0.25, 0.3) is 0 Å². The van der Waals surface area contributed by atoms with Gasteiger partial charge in [-0.25, -0.2) is 0 Å². The molecule has 0 saturated heterocycles. The molecule has 1 aromatic heterocycles. The van der Waals surface area contributed by atoms with E-state index in [4.69, 9.17) is 16.3 Å². The lowest BCUT2D eigenvalue weighted by Gasteiger charge is -1.97. The molecule has 0 N–H and O–H groups in total. The third-order valence-electron chi connectivity index (χ3n) is 1.07. The molecule has 1 rings (SSSR count). The van der Waals surface area contributed by atoms with Gasteiger partial charge in [-0.1, -0.05) is 11.6 Å². The molecule has 0 amide bonds. The summed E-state index contributed by atoms with van der Waals surface area (Å²) in [6.45, 7) is 0.563. The first-order valence-corrected chi connectivity index (χ1v) is 3.29. The van der Waals surface area contributed by atoms with Crippen LogP contribution in [0.4, 0.5) is 0 Å². The minimum atomic E-state index is 0.563. The topological polar surface area (TPSA) is 22.1 Å². The summed E-state index contributed by atoms with van der Waals surface area (Å²) in [6.07, 6.45) is 3.33. The van der Waals surface area contributed by atoms with Crippen LogP contribution < -0.4 is 0 Å². The number of hydrogen-bond acceptors (Lipinski definition) is 2. The summed E-state index contributed by atoms with van der Waals surface area (Å²) in [6, 6.07) is 1.83. The van der Waals surface area contributed by atoms with Gasteiger partial charge >= 0.3 is 0 Å². The van der Waals surface area contributed by atoms with Crippen LogP contribution in [0.15, 0.2) is 18.5 Å². The predicted octanol–water partition coefficient (Wildman–Crippen LogP) is 1.88. The van der Waals surface area contributed by atoms with Gasteiger partial charge in [0.15, 0.2) is 0 Å². The monoisotopic (exact) mass is 157 g/mol. The molecule has 0 fully saturated rings. The minimum Gasteiger partial charge on any atom is -0.380 e. The SMILES string of the molecule is COCc1cncc(Cl)c1. The fourth-order valence-electron chi connectivity index (χ4n) is 0.701. The van der Waals surface area contributed by atoms with E-state index in [1.807, 2.05) is 6.07 Å². The average molecular weight is 158 g/mol. The first kappa shape index (κ1) is 7.51. The van der Waals surface area contributed by atoms with E-state index in [1.165, 1.54) is 0 Å². The summed E-state index contributed by atoms with van der Waals surface area (Å²) in [4.78, 5) is 3.89. The summed E-state index contributed by atoms with van der Waals surface area (Å²) in [5, 5.41) is 0.648. The molecular formula is C7H8ClNO. The van der Waals surface area contributed by atoms with Crippen LogP contribution in [0.2, 0.25) is 5.02 Å². The Morgan fingerprint density at radius 3 is 3.00 bits per heavy atom. The zero-order valence-corrected chi connectivity index (χ0v) is 6.43. The Labute approximate surface area is 64.8 Å². The molecule has 1 heterocycles. The quantitative estimate of drug-likeness (QED) is 0.654. The summed E-state index contributed by atoms with van der Waals surface area (Å²) < 4.78 is 4.88. The van der Waals surface area contributed by atoms with Gasteiger partial charge in [0.1, 0.15) is 0 Å². The van der Waals surface area contributed by atoms with Gasteiger partial charge in [-0.3, -0.25) is 4.98 Å². The van der Waals surface area contributed by atoms with E-state index < -0.39 is 0 Å². The molecule has 1 aromatic rings. The molecule has 54 valence electrons. The van der Waals surface area contributed by atoms with Crippen molar-refractivity contribution in [2.45, 2.75) is 6.61 Å². The Hall–Kier alpha value is -0.600. The number of aromatic nitrogens is 1. The fraction of sp³-hybridized carbons (Fsp3) is 0.286. The molecule has 0 saturated carbocycles. The number of halogens is 1. The molecule has 0 spiro atoms. The van der Waals surface area contributed by atoms with Crippen LogP contribution in [0.1, 0.15) is 5.56 Å². The molecular weight excluding hydrogens is 150 g/mol. The highest BCUT2D eigenvalue weighted by Gasteiger charge is 1.91. The van der Waals surface area contributed by atoms with Crippen LogP contribution in [0.3, 0.4) is 0 Å².